The van der Waals surface area contributed by atoms with Crippen molar-refractivity contribution >= 4 is 17.4 Å². The van der Waals surface area contributed by atoms with E-state index in [4.69, 9.17) is 13.9 Å². The predicted molar refractivity (Wildman–Crippen MR) is 102 cm³/mol. The normalized spacial score (nSPS) is 18.5. The molecule has 7 nitrogen and oxygen atoms in total. The lowest BCUT2D eigenvalue weighted by atomic mass is 9.98. The summed E-state index contributed by atoms with van der Waals surface area (Å²) in [5.41, 5.74) is 0.285. The molecule has 2 heterocycles. The Bertz CT molecular complexity index is 900. The summed E-state index contributed by atoms with van der Waals surface area (Å²) in [4.78, 5) is 26.9. The Hall–Kier alpha value is -3.22. The number of hydrogen-bond donors (Lipinski definition) is 1. The maximum absolute atomic E-state index is 12.8. The highest BCUT2D eigenvalue weighted by Crippen LogP contribution is 2.41. The Morgan fingerprint density at radius 2 is 2.00 bits per heavy atom. The second-order valence-corrected chi connectivity index (χ2v) is 6.43. The molecule has 1 aliphatic heterocycles. The summed E-state index contributed by atoms with van der Waals surface area (Å²) in [6.45, 7) is 2.39. The number of ketones is 1. The molecule has 0 bridgehead atoms. The van der Waals surface area contributed by atoms with Crippen molar-refractivity contribution in [2.24, 2.45) is 0 Å². The maximum atomic E-state index is 12.8. The topological polar surface area (TPSA) is 89.2 Å². The molecule has 1 atom stereocenters. The van der Waals surface area contributed by atoms with Crippen LogP contribution in [0, 0.1) is 0 Å². The second-order valence-electron chi connectivity index (χ2n) is 6.43. The number of benzene rings is 1. The smallest absolute Gasteiger partial charge is 0.295 e. The molecule has 0 saturated carbocycles. The Morgan fingerprint density at radius 3 is 2.61 bits per heavy atom. The summed E-state index contributed by atoms with van der Waals surface area (Å²) < 4.78 is 16.0. The first-order chi connectivity index (χ1) is 13.5. The van der Waals surface area contributed by atoms with Gasteiger partial charge in [-0.1, -0.05) is 13.3 Å². The maximum Gasteiger partial charge on any atom is 0.295 e. The van der Waals surface area contributed by atoms with E-state index in [0.29, 0.717) is 29.4 Å². The van der Waals surface area contributed by atoms with Crippen LogP contribution in [-0.2, 0) is 9.59 Å². The van der Waals surface area contributed by atoms with E-state index in [1.807, 2.05) is 6.92 Å². The van der Waals surface area contributed by atoms with Gasteiger partial charge in [-0.2, -0.15) is 0 Å². The van der Waals surface area contributed by atoms with E-state index in [9.17, 15) is 14.7 Å². The fraction of sp³-hybridized carbons (Fsp3) is 0.333. The summed E-state index contributed by atoms with van der Waals surface area (Å²) in [6.07, 6.45) is 3.07. The van der Waals surface area contributed by atoms with E-state index in [-0.39, 0.29) is 11.3 Å². The molecule has 1 N–H and O–H groups in total. The van der Waals surface area contributed by atoms with Crippen molar-refractivity contribution in [2.45, 2.75) is 25.8 Å². The van der Waals surface area contributed by atoms with Crippen LogP contribution in [0.5, 0.6) is 11.5 Å². The van der Waals surface area contributed by atoms with Gasteiger partial charge in [0.1, 0.15) is 29.1 Å². The monoisotopic (exact) mass is 385 g/mol. The number of aliphatic hydroxyl groups excluding tert-OH is 1. The molecule has 1 aliphatic rings. The van der Waals surface area contributed by atoms with Crippen LogP contribution >= 0.6 is 0 Å². The van der Waals surface area contributed by atoms with Gasteiger partial charge in [0.05, 0.1) is 31.6 Å². The van der Waals surface area contributed by atoms with Crippen LogP contribution < -0.4 is 9.47 Å². The SMILES string of the molecule is CCCCN1C(=O)C(=O)/C(=C(\O)c2ccc(OC)cc2OC)C1c1ccco1. The molecule has 28 heavy (non-hydrogen) atoms. The van der Waals surface area contributed by atoms with Crippen molar-refractivity contribution in [1.29, 1.82) is 0 Å². The lowest BCUT2D eigenvalue weighted by Crippen LogP contribution is -2.30. The fourth-order valence-electron chi connectivity index (χ4n) is 3.32. The van der Waals surface area contributed by atoms with E-state index in [1.165, 1.54) is 25.4 Å². The molecule has 1 saturated heterocycles. The Labute approximate surface area is 163 Å². The Morgan fingerprint density at radius 1 is 1.21 bits per heavy atom. The number of nitrogens with zero attached hydrogens (tertiary/aromatic N) is 1. The fourth-order valence-corrected chi connectivity index (χ4v) is 3.32. The first-order valence-electron chi connectivity index (χ1n) is 9.07. The molecule has 3 rings (SSSR count). The number of likely N-dealkylation sites (tertiary alicyclic amines) is 1. The zero-order chi connectivity index (χ0) is 20.3. The highest BCUT2D eigenvalue weighted by atomic mass is 16.5. The molecule has 2 aromatic rings. The number of amides is 1. The van der Waals surface area contributed by atoms with Crippen molar-refractivity contribution in [3.8, 4) is 11.5 Å². The van der Waals surface area contributed by atoms with Gasteiger partial charge >= 0.3 is 0 Å². The summed E-state index contributed by atoms with van der Waals surface area (Å²) in [5, 5.41) is 11.0. The van der Waals surface area contributed by atoms with Crippen LogP contribution in [-0.4, -0.2) is 42.5 Å². The molecule has 1 unspecified atom stereocenters. The molecule has 1 aromatic heterocycles. The molecule has 0 radical (unpaired) electrons. The van der Waals surface area contributed by atoms with Crippen LogP contribution in [0.25, 0.3) is 5.76 Å². The highest BCUT2D eigenvalue weighted by Gasteiger charge is 2.47. The largest absolute Gasteiger partial charge is 0.507 e. The highest BCUT2D eigenvalue weighted by molar-refractivity contribution is 6.46. The lowest BCUT2D eigenvalue weighted by Gasteiger charge is -2.23. The second kappa shape index (κ2) is 8.21. The number of Topliss-reactive ketones (excluding diaryl/α,β-unsaturated/α-hetero) is 1. The number of furan rings is 1. The van der Waals surface area contributed by atoms with Gasteiger partial charge in [0, 0.05) is 12.6 Å². The number of methoxy groups -OCH3 is 2. The van der Waals surface area contributed by atoms with Gasteiger partial charge in [0.2, 0.25) is 0 Å². The predicted octanol–water partition coefficient (Wildman–Crippen LogP) is 3.52. The molecule has 1 amide bonds. The van der Waals surface area contributed by atoms with Gasteiger partial charge in [-0.3, -0.25) is 9.59 Å². The number of unbranched alkanes of at least 4 members (excludes halogenated alkanes) is 1. The Kier molecular flexibility index (Phi) is 5.73. The molecular formula is C21H23NO6. The van der Waals surface area contributed by atoms with Crippen molar-refractivity contribution < 1.29 is 28.6 Å². The summed E-state index contributed by atoms with van der Waals surface area (Å²) >= 11 is 0. The van der Waals surface area contributed by atoms with E-state index < -0.39 is 17.7 Å². The third kappa shape index (κ3) is 3.35. The summed E-state index contributed by atoms with van der Waals surface area (Å²) in [5.74, 6) is -0.409. The minimum absolute atomic E-state index is 0.0143. The minimum atomic E-state index is -0.784. The van der Waals surface area contributed by atoms with Crippen LogP contribution in [0.1, 0.15) is 37.1 Å². The lowest BCUT2D eigenvalue weighted by molar-refractivity contribution is -0.140. The number of aliphatic hydroxyl groups is 1. The van der Waals surface area contributed by atoms with E-state index in [2.05, 4.69) is 0 Å². The van der Waals surface area contributed by atoms with Gasteiger partial charge < -0.3 is 23.9 Å². The third-order valence-electron chi connectivity index (χ3n) is 4.77. The molecule has 1 fully saturated rings. The molecular weight excluding hydrogens is 362 g/mol. The van der Waals surface area contributed by atoms with Crippen LogP contribution in [0.15, 0.2) is 46.6 Å². The zero-order valence-corrected chi connectivity index (χ0v) is 16.1. The number of carbonyl (C=O) groups is 2. The average Bonchev–Trinajstić information content (AvgIpc) is 3.33. The number of hydrogen-bond acceptors (Lipinski definition) is 6. The third-order valence-corrected chi connectivity index (χ3v) is 4.77. The van der Waals surface area contributed by atoms with Gasteiger partial charge in [0.15, 0.2) is 0 Å². The average molecular weight is 385 g/mol. The van der Waals surface area contributed by atoms with Crippen LogP contribution in [0.2, 0.25) is 0 Å². The van der Waals surface area contributed by atoms with Gasteiger partial charge in [-0.05, 0) is 30.7 Å². The first-order valence-corrected chi connectivity index (χ1v) is 9.07. The van der Waals surface area contributed by atoms with Crippen molar-refractivity contribution in [1.82, 2.24) is 4.90 Å². The molecule has 0 spiro atoms. The number of carbonyl (C=O) groups excluding carboxylic acids is 2. The van der Waals surface area contributed by atoms with Gasteiger partial charge in [0.25, 0.3) is 11.7 Å². The quantitative estimate of drug-likeness (QED) is 0.446. The minimum Gasteiger partial charge on any atom is -0.507 e. The molecule has 7 heteroatoms. The van der Waals surface area contributed by atoms with Gasteiger partial charge in [-0.25, -0.2) is 0 Å². The van der Waals surface area contributed by atoms with Crippen LogP contribution in [0.3, 0.4) is 0 Å². The van der Waals surface area contributed by atoms with Crippen molar-refractivity contribution in [3.05, 3.63) is 53.5 Å². The summed E-state index contributed by atoms with van der Waals surface area (Å²) in [7, 11) is 2.97. The Balaban J connectivity index is 2.16. The van der Waals surface area contributed by atoms with Crippen molar-refractivity contribution in [2.75, 3.05) is 20.8 Å². The van der Waals surface area contributed by atoms with E-state index >= 15 is 0 Å². The standard InChI is InChI=1S/C21H23NO6/c1-4-5-10-22-18(15-7-6-11-28-15)17(20(24)21(22)25)19(23)14-9-8-13(26-2)12-16(14)27-3/h6-9,11-12,18,23H,4-5,10H2,1-3H3/b19-17-. The number of ether oxygens (including phenoxy) is 2. The molecule has 0 aliphatic carbocycles. The number of rotatable bonds is 7. The zero-order valence-electron chi connectivity index (χ0n) is 16.1. The molecule has 1 aromatic carbocycles. The first kappa shape index (κ1) is 19.5. The molecule has 148 valence electrons. The van der Waals surface area contributed by atoms with E-state index in [0.717, 1.165) is 12.8 Å². The van der Waals surface area contributed by atoms with Crippen molar-refractivity contribution in [3.63, 3.8) is 0 Å². The van der Waals surface area contributed by atoms with E-state index in [1.54, 1.807) is 30.3 Å². The van der Waals surface area contributed by atoms with Crippen LogP contribution in [0.4, 0.5) is 0 Å². The summed E-state index contributed by atoms with van der Waals surface area (Å²) in [6, 6.07) is 7.42. The van der Waals surface area contributed by atoms with Gasteiger partial charge in [-0.15, -0.1) is 0 Å².